The molecule has 0 spiro atoms. The van der Waals surface area contributed by atoms with Gasteiger partial charge < -0.3 is 10.2 Å². The van der Waals surface area contributed by atoms with E-state index in [0.717, 1.165) is 18.1 Å². The average Bonchev–Trinajstić information content (AvgIpc) is 2.30. The van der Waals surface area contributed by atoms with Crippen molar-refractivity contribution in [3.8, 4) is 0 Å². The zero-order valence-corrected chi connectivity index (χ0v) is 7.13. The largest absolute Gasteiger partial charge is 0.389 e. The summed E-state index contributed by atoms with van der Waals surface area (Å²) < 4.78 is 0. The van der Waals surface area contributed by atoms with E-state index < -0.39 is 12.2 Å². The van der Waals surface area contributed by atoms with Crippen LogP contribution in [0.25, 0.3) is 0 Å². The second-order valence-electron chi connectivity index (χ2n) is 3.20. The quantitative estimate of drug-likeness (QED) is 0.503. The third-order valence-electron chi connectivity index (χ3n) is 2.49. The summed E-state index contributed by atoms with van der Waals surface area (Å²) in [5.74, 6) is 2.11. The highest BCUT2D eigenvalue weighted by molar-refractivity contribution is 7.99. The van der Waals surface area contributed by atoms with E-state index in [1.54, 1.807) is 0 Å². The molecule has 2 saturated heterocycles. The number of fused-ring (bicyclic) bond motifs is 1. The summed E-state index contributed by atoms with van der Waals surface area (Å²) in [7, 11) is 0. The fraction of sp³-hybridized carbons (Fsp3) is 1.00. The van der Waals surface area contributed by atoms with Crippen LogP contribution in [0.1, 0.15) is 0 Å². The Kier molecular flexibility index (Phi) is 2.10. The fourth-order valence-corrected chi connectivity index (χ4v) is 2.98. The van der Waals surface area contributed by atoms with Gasteiger partial charge in [0.25, 0.3) is 0 Å². The lowest BCUT2D eigenvalue weighted by Crippen LogP contribution is -2.42. The molecule has 2 aliphatic heterocycles. The van der Waals surface area contributed by atoms with Gasteiger partial charge in [0.2, 0.25) is 0 Å². The van der Waals surface area contributed by atoms with Gasteiger partial charge in [-0.2, -0.15) is 11.8 Å². The van der Waals surface area contributed by atoms with Crippen LogP contribution in [0, 0.1) is 0 Å². The molecule has 3 atom stereocenters. The molecular weight excluding hydrogens is 162 g/mol. The number of aliphatic hydroxyl groups excluding tert-OH is 2. The lowest BCUT2D eigenvalue weighted by Gasteiger charge is -2.29. The van der Waals surface area contributed by atoms with Crippen molar-refractivity contribution in [1.82, 2.24) is 4.90 Å². The van der Waals surface area contributed by atoms with Crippen molar-refractivity contribution in [1.29, 1.82) is 0 Å². The number of rotatable bonds is 0. The van der Waals surface area contributed by atoms with E-state index >= 15 is 0 Å². The SMILES string of the molecule is OC1CN2CCSCC2C1O. The lowest BCUT2D eigenvalue weighted by atomic mass is 10.2. The molecule has 2 fully saturated rings. The Morgan fingerprint density at radius 1 is 1.36 bits per heavy atom. The molecule has 0 aromatic heterocycles. The standard InChI is InChI=1S/C7H13NO2S/c9-6-3-8-1-2-11-4-5(8)7(6)10/h5-7,9-10H,1-4H2. The molecule has 0 aliphatic carbocycles. The zero-order valence-electron chi connectivity index (χ0n) is 6.31. The summed E-state index contributed by atoms with van der Waals surface area (Å²) >= 11 is 1.86. The predicted octanol–water partition coefficient (Wildman–Crippen LogP) is -0.861. The van der Waals surface area contributed by atoms with Crippen molar-refractivity contribution in [2.75, 3.05) is 24.6 Å². The van der Waals surface area contributed by atoms with Gasteiger partial charge in [0.1, 0.15) is 0 Å². The van der Waals surface area contributed by atoms with Crippen LogP contribution in [-0.2, 0) is 0 Å². The summed E-state index contributed by atoms with van der Waals surface area (Å²) in [5.41, 5.74) is 0. The molecular formula is C7H13NO2S. The molecule has 0 radical (unpaired) electrons. The minimum atomic E-state index is -0.515. The maximum absolute atomic E-state index is 9.49. The van der Waals surface area contributed by atoms with Crippen molar-refractivity contribution >= 4 is 11.8 Å². The third kappa shape index (κ3) is 1.28. The van der Waals surface area contributed by atoms with Gasteiger partial charge >= 0.3 is 0 Å². The third-order valence-corrected chi connectivity index (χ3v) is 3.54. The van der Waals surface area contributed by atoms with Crippen LogP contribution in [-0.4, -0.2) is 58.0 Å². The van der Waals surface area contributed by atoms with Crippen molar-refractivity contribution in [3.63, 3.8) is 0 Å². The normalized spacial score (nSPS) is 45.8. The molecule has 0 aromatic carbocycles. The zero-order chi connectivity index (χ0) is 7.84. The van der Waals surface area contributed by atoms with Crippen LogP contribution in [0.2, 0.25) is 0 Å². The Hall–Kier alpha value is 0.230. The van der Waals surface area contributed by atoms with E-state index in [0.29, 0.717) is 6.54 Å². The first-order valence-electron chi connectivity index (χ1n) is 3.97. The Labute approximate surface area is 70.4 Å². The highest BCUT2D eigenvalue weighted by Crippen LogP contribution is 2.26. The number of thioether (sulfide) groups is 1. The molecule has 11 heavy (non-hydrogen) atoms. The summed E-state index contributed by atoms with van der Waals surface area (Å²) in [6.45, 7) is 1.68. The van der Waals surface area contributed by atoms with Crippen LogP contribution in [0.3, 0.4) is 0 Å². The van der Waals surface area contributed by atoms with Crippen molar-refractivity contribution in [2.45, 2.75) is 18.2 Å². The molecule has 0 amide bonds. The summed E-state index contributed by atoms with van der Waals surface area (Å²) in [6.07, 6.45) is -1.03. The molecule has 4 heteroatoms. The number of aliphatic hydroxyl groups is 2. The minimum Gasteiger partial charge on any atom is -0.389 e. The van der Waals surface area contributed by atoms with Crippen LogP contribution >= 0.6 is 11.8 Å². The molecule has 3 unspecified atom stereocenters. The minimum absolute atomic E-state index is 0.212. The summed E-state index contributed by atoms with van der Waals surface area (Å²) in [5, 5.41) is 18.8. The van der Waals surface area contributed by atoms with Gasteiger partial charge in [-0.3, -0.25) is 4.90 Å². The second-order valence-corrected chi connectivity index (χ2v) is 4.34. The smallest absolute Gasteiger partial charge is 0.0974 e. The Morgan fingerprint density at radius 3 is 2.91 bits per heavy atom. The number of nitrogens with zero attached hydrogens (tertiary/aromatic N) is 1. The van der Waals surface area contributed by atoms with Crippen molar-refractivity contribution in [3.05, 3.63) is 0 Å². The lowest BCUT2D eigenvalue weighted by molar-refractivity contribution is 0.0422. The van der Waals surface area contributed by atoms with Crippen molar-refractivity contribution < 1.29 is 10.2 Å². The van der Waals surface area contributed by atoms with Crippen LogP contribution in [0.5, 0.6) is 0 Å². The molecule has 0 bridgehead atoms. The molecule has 2 aliphatic rings. The van der Waals surface area contributed by atoms with Gasteiger partial charge in [0.15, 0.2) is 0 Å². The molecule has 0 saturated carbocycles. The van der Waals surface area contributed by atoms with E-state index in [9.17, 15) is 10.2 Å². The number of hydrogen-bond acceptors (Lipinski definition) is 4. The first-order valence-corrected chi connectivity index (χ1v) is 5.12. The van der Waals surface area contributed by atoms with Crippen molar-refractivity contribution in [2.24, 2.45) is 0 Å². The average molecular weight is 175 g/mol. The van der Waals surface area contributed by atoms with E-state index in [2.05, 4.69) is 4.90 Å². The Balaban J connectivity index is 2.05. The topological polar surface area (TPSA) is 43.7 Å². The van der Waals surface area contributed by atoms with E-state index in [1.807, 2.05) is 11.8 Å². The van der Waals surface area contributed by atoms with Crippen LogP contribution in [0.15, 0.2) is 0 Å². The highest BCUT2D eigenvalue weighted by Gasteiger charge is 2.40. The molecule has 64 valence electrons. The summed E-state index contributed by atoms with van der Waals surface area (Å²) in [6, 6.07) is 0.212. The van der Waals surface area contributed by atoms with Crippen LogP contribution < -0.4 is 0 Å². The Morgan fingerprint density at radius 2 is 2.18 bits per heavy atom. The van der Waals surface area contributed by atoms with E-state index in [4.69, 9.17) is 0 Å². The predicted molar refractivity (Wildman–Crippen MR) is 44.7 cm³/mol. The van der Waals surface area contributed by atoms with E-state index in [-0.39, 0.29) is 6.04 Å². The highest BCUT2D eigenvalue weighted by atomic mass is 32.2. The van der Waals surface area contributed by atoms with Crippen LogP contribution in [0.4, 0.5) is 0 Å². The maximum atomic E-state index is 9.49. The van der Waals surface area contributed by atoms with Gasteiger partial charge in [-0.05, 0) is 0 Å². The summed E-state index contributed by atoms with van der Waals surface area (Å²) in [4.78, 5) is 2.19. The number of hydrogen-bond donors (Lipinski definition) is 2. The fourth-order valence-electron chi connectivity index (χ4n) is 1.80. The monoisotopic (exact) mass is 175 g/mol. The first-order chi connectivity index (χ1) is 5.29. The molecule has 2 heterocycles. The van der Waals surface area contributed by atoms with Gasteiger partial charge in [0, 0.05) is 30.6 Å². The van der Waals surface area contributed by atoms with Gasteiger partial charge in [-0.15, -0.1) is 0 Å². The second kappa shape index (κ2) is 2.94. The van der Waals surface area contributed by atoms with Gasteiger partial charge in [-0.1, -0.05) is 0 Å². The molecule has 2 rings (SSSR count). The maximum Gasteiger partial charge on any atom is 0.0974 e. The first kappa shape index (κ1) is 7.86. The molecule has 2 N–H and O–H groups in total. The van der Waals surface area contributed by atoms with Gasteiger partial charge in [0.05, 0.1) is 12.2 Å². The Bertz CT molecular complexity index is 155. The van der Waals surface area contributed by atoms with E-state index in [1.165, 1.54) is 0 Å². The molecule has 0 aromatic rings. The van der Waals surface area contributed by atoms with Gasteiger partial charge in [-0.25, -0.2) is 0 Å². The molecule has 3 nitrogen and oxygen atoms in total.